The van der Waals surface area contributed by atoms with Gasteiger partial charge in [-0.3, -0.25) is 9.69 Å². The zero-order chi connectivity index (χ0) is 28.2. The molecule has 0 spiro atoms. The molecule has 0 aliphatic carbocycles. The molecule has 2 aliphatic heterocycles. The third-order valence-corrected chi connectivity index (χ3v) is 8.11. The zero-order valence-electron chi connectivity index (χ0n) is 23.4. The van der Waals surface area contributed by atoms with E-state index in [1.54, 1.807) is 0 Å². The number of nitrogens with zero attached hydrogens (tertiary/aromatic N) is 4. The van der Waals surface area contributed by atoms with Crippen molar-refractivity contribution in [3.8, 4) is 11.8 Å². The van der Waals surface area contributed by atoms with Crippen LogP contribution < -0.4 is 15.0 Å². The van der Waals surface area contributed by atoms with Crippen molar-refractivity contribution in [2.45, 2.75) is 51.3 Å². The highest BCUT2D eigenvalue weighted by molar-refractivity contribution is 5.92. The summed E-state index contributed by atoms with van der Waals surface area (Å²) in [6, 6.07) is 24.2. The number of aromatic nitrogens is 1. The standard InChI is InChI=1S/C33H35N5O3/c1-23-2-8-27(9-3-23)38-18-14-28(15-19-38)40-29-10-11-30-31(20-29)41-33(36-30)32(39)35-26-12-16-37(17-13-26)22-25-6-4-24(21-34)5-7-25/h2-11,20,26,28H,12-19,22H2,1H3,(H,35,39). The summed E-state index contributed by atoms with van der Waals surface area (Å²) in [5.74, 6) is 0.547. The van der Waals surface area contributed by atoms with E-state index in [0.717, 1.165) is 64.2 Å². The van der Waals surface area contributed by atoms with E-state index in [1.165, 1.54) is 16.8 Å². The molecule has 2 fully saturated rings. The number of nitrogens with one attached hydrogen (secondary N) is 1. The minimum atomic E-state index is -0.280. The Kier molecular flexibility index (Phi) is 7.88. The van der Waals surface area contributed by atoms with Gasteiger partial charge in [0.2, 0.25) is 0 Å². The van der Waals surface area contributed by atoms with Crippen LogP contribution in [0.3, 0.4) is 0 Å². The SMILES string of the molecule is Cc1ccc(N2CCC(Oc3ccc4nc(C(=O)NC5CCN(Cc6ccc(C#N)cc6)CC5)oc4c3)CC2)cc1. The molecule has 210 valence electrons. The van der Waals surface area contributed by atoms with Crippen molar-refractivity contribution < 1.29 is 13.9 Å². The highest BCUT2D eigenvalue weighted by atomic mass is 16.5. The molecule has 0 unspecified atom stereocenters. The van der Waals surface area contributed by atoms with E-state index >= 15 is 0 Å². The van der Waals surface area contributed by atoms with Crippen LogP contribution in [-0.4, -0.2) is 54.1 Å². The maximum absolute atomic E-state index is 12.9. The molecular weight excluding hydrogens is 514 g/mol. The number of hydrogen-bond acceptors (Lipinski definition) is 7. The zero-order valence-corrected chi connectivity index (χ0v) is 23.4. The normalized spacial score (nSPS) is 16.9. The maximum atomic E-state index is 12.9. The van der Waals surface area contributed by atoms with Gasteiger partial charge in [0.25, 0.3) is 5.89 Å². The van der Waals surface area contributed by atoms with Crippen molar-refractivity contribution in [2.75, 3.05) is 31.1 Å². The van der Waals surface area contributed by atoms with Crippen molar-refractivity contribution in [3.63, 3.8) is 0 Å². The Labute approximate surface area is 240 Å². The molecule has 3 aromatic carbocycles. The third-order valence-electron chi connectivity index (χ3n) is 8.11. The Hall–Kier alpha value is -4.35. The molecule has 1 amide bonds. The molecule has 8 heteroatoms. The Morgan fingerprint density at radius 2 is 1.73 bits per heavy atom. The van der Waals surface area contributed by atoms with Crippen molar-refractivity contribution in [2.24, 2.45) is 0 Å². The van der Waals surface area contributed by atoms with Crippen LogP contribution in [0.4, 0.5) is 5.69 Å². The number of likely N-dealkylation sites (tertiary alicyclic amines) is 1. The molecule has 41 heavy (non-hydrogen) atoms. The van der Waals surface area contributed by atoms with Gasteiger partial charge in [0.05, 0.1) is 11.6 Å². The van der Waals surface area contributed by atoms with Crippen LogP contribution in [0.5, 0.6) is 5.75 Å². The van der Waals surface area contributed by atoms with Crippen LogP contribution in [0.15, 0.2) is 71.1 Å². The molecule has 1 N–H and O–H groups in total. The second-order valence-corrected chi connectivity index (χ2v) is 11.1. The number of amides is 1. The van der Waals surface area contributed by atoms with Crippen LogP contribution in [0.2, 0.25) is 0 Å². The van der Waals surface area contributed by atoms with E-state index in [9.17, 15) is 4.79 Å². The van der Waals surface area contributed by atoms with Crippen molar-refractivity contribution in [1.29, 1.82) is 5.26 Å². The molecule has 0 saturated carbocycles. The molecule has 4 aromatic rings. The number of ether oxygens (including phenoxy) is 1. The van der Waals surface area contributed by atoms with Gasteiger partial charge in [0, 0.05) is 63.4 Å². The van der Waals surface area contributed by atoms with Gasteiger partial charge in [-0.05, 0) is 61.7 Å². The first-order valence-corrected chi connectivity index (χ1v) is 14.4. The molecule has 0 bridgehead atoms. The number of rotatable bonds is 7. The van der Waals surface area contributed by atoms with Gasteiger partial charge < -0.3 is 19.4 Å². The molecule has 0 atom stereocenters. The lowest BCUT2D eigenvalue weighted by atomic mass is 10.0. The minimum absolute atomic E-state index is 0.0828. The van der Waals surface area contributed by atoms with E-state index in [4.69, 9.17) is 14.4 Å². The largest absolute Gasteiger partial charge is 0.490 e. The third kappa shape index (κ3) is 6.53. The Bertz CT molecular complexity index is 1520. The lowest BCUT2D eigenvalue weighted by molar-refractivity contribution is 0.0876. The van der Waals surface area contributed by atoms with Crippen LogP contribution in [0.25, 0.3) is 11.1 Å². The number of carbonyl (C=O) groups excluding carboxylic acids is 1. The number of hydrogen-bond donors (Lipinski definition) is 1. The highest BCUT2D eigenvalue weighted by Gasteiger charge is 2.24. The summed E-state index contributed by atoms with van der Waals surface area (Å²) in [6.07, 6.45) is 3.76. The van der Waals surface area contributed by atoms with E-state index in [2.05, 4.69) is 57.4 Å². The Balaban J connectivity index is 0.987. The van der Waals surface area contributed by atoms with Crippen LogP contribution in [0, 0.1) is 18.3 Å². The molecular formula is C33H35N5O3. The van der Waals surface area contributed by atoms with Gasteiger partial charge >= 0.3 is 5.91 Å². The fourth-order valence-corrected chi connectivity index (χ4v) is 5.68. The monoisotopic (exact) mass is 549 g/mol. The summed E-state index contributed by atoms with van der Waals surface area (Å²) in [5.41, 5.74) is 5.60. The Morgan fingerprint density at radius 3 is 2.44 bits per heavy atom. The van der Waals surface area contributed by atoms with Gasteiger partial charge in [-0.2, -0.15) is 5.26 Å². The van der Waals surface area contributed by atoms with Crippen LogP contribution in [-0.2, 0) is 6.54 Å². The van der Waals surface area contributed by atoms with Gasteiger partial charge in [-0.25, -0.2) is 4.98 Å². The average Bonchev–Trinajstić information content (AvgIpc) is 3.43. The first kappa shape index (κ1) is 26.9. The summed E-state index contributed by atoms with van der Waals surface area (Å²) in [6.45, 7) is 6.64. The molecule has 2 saturated heterocycles. The van der Waals surface area contributed by atoms with Crippen LogP contribution in [0.1, 0.15) is 53.1 Å². The average molecular weight is 550 g/mol. The smallest absolute Gasteiger partial charge is 0.307 e. The van der Waals surface area contributed by atoms with Gasteiger partial charge in [-0.1, -0.05) is 29.8 Å². The summed E-state index contributed by atoms with van der Waals surface area (Å²) in [7, 11) is 0. The van der Waals surface area contributed by atoms with E-state index in [1.807, 2.05) is 42.5 Å². The van der Waals surface area contributed by atoms with Gasteiger partial charge in [-0.15, -0.1) is 0 Å². The number of oxazole rings is 1. The molecule has 1 aromatic heterocycles. The number of nitriles is 1. The molecule has 0 radical (unpaired) electrons. The summed E-state index contributed by atoms with van der Waals surface area (Å²) in [5, 5.41) is 12.1. The molecule has 2 aliphatic rings. The first-order valence-electron chi connectivity index (χ1n) is 14.4. The summed E-state index contributed by atoms with van der Waals surface area (Å²) < 4.78 is 12.1. The minimum Gasteiger partial charge on any atom is -0.490 e. The van der Waals surface area contributed by atoms with Crippen molar-refractivity contribution in [1.82, 2.24) is 15.2 Å². The van der Waals surface area contributed by atoms with E-state index in [0.29, 0.717) is 16.7 Å². The lowest BCUT2D eigenvalue weighted by Crippen LogP contribution is -2.44. The van der Waals surface area contributed by atoms with Gasteiger partial charge in [0.1, 0.15) is 17.4 Å². The molecule has 8 nitrogen and oxygen atoms in total. The second-order valence-electron chi connectivity index (χ2n) is 11.1. The predicted molar refractivity (Wildman–Crippen MR) is 158 cm³/mol. The number of benzene rings is 3. The summed E-state index contributed by atoms with van der Waals surface area (Å²) >= 11 is 0. The molecule has 6 rings (SSSR count). The lowest BCUT2D eigenvalue weighted by Gasteiger charge is -2.33. The molecule has 3 heterocycles. The Morgan fingerprint density at radius 1 is 1.00 bits per heavy atom. The summed E-state index contributed by atoms with van der Waals surface area (Å²) in [4.78, 5) is 22.1. The fraction of sp³-hybridized carbons (Fsp3) is 0.364. The number of aryl methyl sites for hydroxylation is 1. The quantitative estimate of drug-likeness (QED) is 0.328. The number of anilines is 1. The van der Waals surface area contributed by atoms with Crippen molar-refractivity contribution >= 4 is 22.7 Å². The van der Waals surface area contributed by atoms with Crippen LogP contribution >= 0.6 is 0 Å². The number of fused-ring (bicyclic) bond motifs is 1. The van der Waals surface area contributed by atoms with Gasteiger partial charge in [0.15, 0.2) is 5.58 Å². The van der Waals surface area contributed by atoms with E-state index < -0.39 is 0 Å². The fourth-order valence-electron chi connectivity index (χ4n) is 5.68. The highest BCUT2D eigenvalue weighted by Crippen LogP contribution is 2.27. The number of piperidine rings is 2. The second kappa shape index (κ2) is 12.0. The van der Waals surface area contributed by atoms with E-state index in [-0.39, 0.29) is 23.9 Å². The maximum Gasteiger partial charge on any atom is 0.307 e. The first-order chi connectivity index (χ1) is 20.0. The predicted octanol–water partition coefficient (Wildman–Crippen LogP) is 5.45. The topological polar surface area (TPSA) is 94.6 Å². The van der Waals surface area contributed by atoms with Crippen molar-refractivity contribution in [3.05, 3.63) is 89.3 Å². The number of carbonyl (C=O) groups is 1.